The summed E-state index contributed by atoms with van der Waals surface area (Å²) in [6.45, 7) is 0. The molecule has 0 saturated heterocycles. The van der Waals surface area contributed by atoms with Gasteiger partial charge in [0.15, 0.2) is 0 Å². The minimum atomic E-state index is 0.163. The van der Waals surface area contributed by atoms with Gasteiger partial charge in [-0.05, 0) is 23.8 Å². The molecule has 2 N–H and O–H groups in total. The van der Waals surface area contributed by atoms with Crippen molar-refractivity contribution in [2.24, 2.45) is 0 Å². The summed E-state index contributed by atoms with van der Waals surface area (Å²) < 4.78 is 7.00. The molecule has 0 radical (unpaired) electrons. The van der Waals surface area contributed by atoms with Gasteiger partial charge in [-0.2, -0.15) is 4.98 Å². The molecule has 1 aromatic carbocycles. The van der Waals surface area contributed by atoms with Crippen molar-refractivity contribution in [1.29, 1.82) is 0 Å². The van der Waals surface area contributed by atoms with Gasteiger partial charge in [0.1, 0.15) is 5.52 Å². The lowest BCUT2D eigenvalue weighted by Crippen LogP contribution is -2.03. The number of fused-ring (bicyclic) bond motifs is 2. The van der Waals surface area contributed by atoms with Gasteiger partial charge in [0.05, 0.1) is 18.1 Å². The van der Waals surface area contributed by atoms with Crippen molar-refractivity contribution >= 4 is 22.5 Å². The number of hydrogen-bond donors (Lipinski definition) is 1. The highest BCUT2D eigenvalue weighted by atomic mass is 16.5. The lowest BCUT2D eigenvalue weighted by Gasteiger charge is -2.06. The normalized spacial score (nSPS) is 11.1. The number of aromatic nitrogens is 5. The summed E-state index contributed by atoms with van der Waals surface area (Å²) in [6.07, 6.45) is 5.18. The highest BCUT2D eigenvalue weighted by molar-refractivity contribution is 5.89. The van der Waals surface area contributed by atoms with Gasteiger partial charge in [-0.3, -0.25) is 9.97 Å². The minimum absolute atomic E-state index is 0.163. The summed E-state index contributed by atoms with van der Waals surface area (Å²) in [6, 6.07) is 7.85. The Labute approximate surface area is 125 Å². The number of anilines is 1. The number of benzene rings is 1. The molecule has 0 spiro atoms. The highest BCUT2D eigenvalue weighted by Crippen LogP contribution is 2.31. The van der Waals surface area contributed by atoms with Gasteiger partial charge < -0.3 is 10.5 Å². The number of methoxy groups -OCH3 is 1. The summed E-state index contributed by atoms with van der Waals surface area (Å²) in [4.78, 5) is 12.8. The molecule has 0 atom stereocenters. The quantitative estimate of drug-likeness (QED) is 0.607. The van der Waals surface area contributed by atoms with Crippen LogP contribution >= 0.6 is 0 Å². The van der Waals surface area contributed by atoms with E-state index in [0.717, 1.165) is 27.7 Å². The molecule has 7 heteroatoms. The van der Waals surface area contributed by atoms with Gasteiger partial charge >= 0.3 is 0 Å². The molecule has 0 unspecified atom stereocenters. The number of rotatable bonds is 2. The molecule has 108 valence electrons. The third-order valence-electron chi connectivity index (χ3n) is 3.47. The number of nitrogens with zero attached hydrogens (tertiary/aromatic N) is 5. The van der Waals surface area contributed by atoms with Crippen LogP contribution in [-0.2, 0) is 0 Å². The average Bonchev–Trinajstić information content (AvgIpc) is 2.97. The fourth-order valence-corrected chi connectivity index (χ4v) is 2.51. The van der Waals surface area contributed by atoms with Crippen molar-refractivity contribution in [3.63, 3.8) is 0 Å². The smallest absolute Gasteiger partial charge is 0.243 e. The SMILES string of the molecule is COc1nc(N)nn2ccc(-c3ccc4nccnc4c3)c12. The molecule has 4 aromatic rings. The first-order chi connectivity index (χ1) is 10.8. The predicted molar refractivity (Wildman–Crippen MR) is 82.5 cm³/mol. The van der Waals surface area contributed by atoms with Crippen molar-refractivity contribution in [2.75, 3.05) is 12.8 Å². The van der Waals surface area contributed by atoms with Crippen molar-refractivity contribution in [1.82, 2.24) is 24.6 Å². The molecule has 0 aliphatic carbocycles. The van der Waals surface area contributed by atoms with Crippen molar-refractivity contribution in [2.45, 2.75) is 0 Å². The van der Waals surface area contributed by atoms with Crippen LogP contribution < -0.4 is 10.5 Å². The van der Waals surface area contributed by atoms with Crippen LogP contribution in [0.2, 0.25) is 0 Å². The summed E-state index contributed by atoms with van der Waals surface area (Å²) in [5.74, 6) is 0.600. The Kier molecular flexibility index (Phi) is 2.65. The summed E-state index contributed by atoms with van der Waals surface area (Å²) in [7, 11) is 1.56. The third-order valence-corrected chi connectivity index (χ3v) is 3.47. The molecule has 4 rings (SSSR count). The van der Waals surface area contributed by atoms with Crippen LogP contribution in [0, 0.1) is 0 Å². The fourth-order valence-electron chi connectivity index (χ4n) is 2.51. The van der Waals surface area contributed by atoms with E-state index >= 15 is 0 Å². The van der Waals surface area contributed by atoms with E-state index in [1.807, 2.05) is 30.5 Å². The molecule has 0 aliphatic heterocycles. The van der Waals surface area contributed by atoms with E-state index in [1.165, 1.54) is 0 Å². The number of hydrogen-bond acceptors (Lipinski definition) is 6. The zero-order valence-corrected chi connectivity index (χ0v) is 11.8. The van der Waals surface area contributed by atoms with Crippen LogP contribution in [0.25, 0.3) is 27.7 Å². The Morgan fingerprint density at radius 2 is 1.91 bits per heavy atom. The van der Waals surface area contributed by atoms with Crippen molar-refractivity contribution in [3.8, 4) is 17.0 Å². The average molecular weight is 292 g/mol. The zero-order valence-electron chi connectivity index (χ0n) is 11.8. The number of ether oxygens (including phenoxy) is 1. The maximum Gasteiger partial charge on any atom is 0.243 e. The molecule has 0 bridgehead atoms. The molecule has 0 amide bonds. The molecule has 3 heterocycles. The lowest BCUT2D eigenvalue weighted by molar-refractivity contribution is 0.400. The third kappa shape index (κ3) is 1.83. The van der Waals surface area contributed by atoms with Crippen LogP contribution in [0.4, 0.5) is 5.95 Å². The minimum Gasteiger partial charge on any atom is -0.479 e. The van der Waals surface area contributed by atoms with Crippen LogP contribution in [0.15, 0.2) is 42.9 Å². The zero-order chi connectivity index (χ0) is 15.1. The fraction of sp³-hybridized carbons (Fsp3) is 0.0667. The van der Waals surface area contributed by atoms with Crippen LogP contribution in [0.3, 0.4) is 0 Å². The first kappa shape index (κ1) is 12.5. The summed E-state index contributed by atoms with van der Waals surface area (Å²) in [5, 5.41) is 4.17. The summed E-state index contributed by atoms with van der Waals surface area (Å²) >= 11 is 0. The summed E-state index contributed by atoms with van der Waals surface area (Å²) in [5.41, 5.74) is 10.1. The Balaban J connectivity index is 1.99. The number of nitrogens with two attached hydrogens (primary N) is 1. The molecular formula is C15H12N6O. The molecule has 22 heavy (non-hydrogen) atoms. The number of nitrogen functional groups attached to an aromatic ring is 1. The van der Waals surface area contributed by atoms with Crippen molar-refractivity contribution < 1.29 is 4.74 Å². The Bertz CT molecular complexity index is 994. The van der Waals surface area contributed by atoms with Gasteiger partial charge in [-0.1, -0.05) is 6.07 Å². The van der Waals surface area contributed by atoms with E-state index in [4.69, 9.17) is 10.5 Å². The van der Waals surface area contributed by atoms with Gasteiger partial charge in [-0.15, -0.1) is 5.10 Å². The molecule has 0 fully saturated rings. The first-order valence-electron chi connectivity index (χ1n) is 6.66. The molecule has 7 nitrogen and oxygen atoms in total. The lowest BCUT2D eigenvalue weighted by atomic mass is 10.1. The Hall–Kier alpha value is -3.22. The van der Waals surface area contributed by atoms with E-state index in [1.54, 1.807) is 24.0 Å². The monoisotopic (exact) mass is 292 g/mol. The van der Waals surface area contributed by atoms with E-state index in [9.17, 15) is 0 Å². The van der Waals surface area contributed by atoms with Crippen molar-refractivity contribution in [3.05, 3.63) is 42.9 Å². The second kappa shape index (κ2) is 4.66. The molecular weight excluding hydrogens is 280 g/mol. The van der Waals surface area contributed by atoms with E-state index in [2.05, 4.69) is 20.1 Å². The standard InChI is InChI=1S/C15H12N6O/c1-22-14-13-10(4-7-21(13)20-15(16)19-14)9-2-3-11-12(8-9)18-6-5-17-11/h2-8H,1H3,(H2,16,20). The van der Waals surface area contributed by atoms with Gasteiger partial charge in [-0.25, -0.2) is 4.52 Å². The van der Waals surface area contributed by atoms with Crippen LogP contribution in [0.5, 0.6) is 5.88 Å². The second-order valence-corrected chi connectivity index (χ2v) is 4.76. The van der Waals surface area contributed by atoms with E-state index < -0.39 is 0 Å². The molecule has 0 aliphatic rings. The Morgan fingerprint density at radius 3 is 2.73 bits per heavy atom. The van der Waals surface area contributed by atoms with Crippen LogP contribution in [-0.4, -0.2) is 31.7 Å². The van der Waals surface area contributed by atoms with E-state index in [0.29, 0.717) is 5.88 Å². The maximum atomic E-state index is 5.68. The van der Waals surface area contributed by atoms with E-state index in [-0.39, 0.29) is 5.95 Å². The van der Waals surface area contributed by atoms with Gasteiger partial charge in [0.2, 0.25) is 11.8 Å². The van der Waals surface area contributed by atoms with Crippen LogP contribution in [0.1, 0.15) is 0 Å². The highest BCUT2D eigenvalue weighted by Gasteiger charge is 2.14. The first-order valence-corrected chi connectivity index (χ1v) is 6.66. The second-order valence-electron chi connectivity index (χ2n) is 4.76. The van der Waals surface area contributed by atoms with Gasteiger partial charge in [0, 0.05) is 24.2 Å². The topological polar surface area (TPSA) is 91.2 Å². The molecule has 0 saturated carbocycles. The predicted octanol–water partition coefficient (Wildman–Crippen LogP) is 1.93. The largest absolute Gasteiger partial charge is 0.479 e. The molecule has 3 aromatic heterocycles. The maximum absolute atomic E-state index is 5.68. The Morgan fingerprint density at radius 1 is 1.09 bits per heavy atom. The van der Waals surface area contributed by atoms with Gasteiger partial charge in [0.25, 0.3) is 0 Å².